The molecule has 0 radical (unpaired) electrons. The summed E-state index contributed by atoms with van der Waals surface area (Å²) in [6.07, 6.45) is 16.4. The maximum absolute atomic E-state index is 2.29. The molecule has 120 valence electrons. The van der Waals surface area contributed by atoms with E-state index in [1.807, 2.05) is 23.5 Å². The minimum Gasteiger partial charge on any atom is -0.128 e. The van der Waals surface area contributed by atoms with Crippen molar-refractivity contribution in [2.24, 2.45) is 0 Å². The molecule has 0 saturated carbocycles. The zero-order valence-electron chi connectivity index (χ0n) is 13.9. The third-order valence-electron chi connectivity index (χ3n) is 3.82. The molecule has 0 aliphatic rings. The maximum Gasteiger partial charge on any atom is 0.0208 e. The van der Waals surface area contributed by atoms with Crippen LogP contribution in [0.4, 0.5) is 0 Å². The first kappa shape index (κ1) is 19.0. The topological polar surface area (TPSA) is 0 Å². The van der Waals surface area contributed by atoms with Gasteiger partial charge in [-0.3, -0.25) is 0 Å². The van der Waals surface area contributed by atoms with Crippen molar-refractivity contribution in [3.63, 3.8) is 0 Å². The first-order valence-electron chi connectivity index (χ1n) is 8.64. The molecule has 0 atom stereocenters. The average Bonchev–Trinajstić information content (AvgIpc) is 2.53. The second-order valence-electron chi connectivity index (χ2n) is 5.68. The highest BCUT2D eigenvalue weighted by molar-refractivity contribution is 8.02. The fourth-order valence-corrected chi connectivity index (χ4v) is 4.37. The summed E-state index contributed by atoms with van der Waals surface area (Å²) in [5, 5.41) is 0. The van der Waals surface area contributed by atoms with Gasteiger partial charge in [-0.15, -0.1) is 23.5 Å². The van der Waals surface area contributed by atoms with Crippen molar-refractivity contribution in [1.29, 1.82) is 0 Å². The van der Waals surface area contributed by atoms with Crippen LogP contribution in [-0.4, -0.2) is 12.0 Å². The Hall–Kier alpha value is -0.0800. The third kappa shape index (κ3) is 9.52. The molecule has 0 aliphatic carbocycles. The molecular formula is C19H32S2. The monoisotopic (exact) mass is 324 g/mol. The van der Waals surface area contributed by atoms with E-state index in [1.165, 1.54) is 79.8 Å². The van der Waals surface area contributed by atoms with Gasteiger partial charge in [-0.25, -0.2) is 0 Å². The van der Waals surface area contributed by atoms with Gasteiger partial charge in [-0.2, -0.15) is 0 Å². The first-order valence-corrected chi connectivity index (χ1v) is 10.8. The highest BCUT2D eigenvalue weighted by Crippen LogP contribution is 2.29. The smallest absolute Gasteiger partial charge is 0.0208 e. The molecule has 2 heteroatoms. The summed E-state index contributed by atoms with van der Waals surface area (Å²) in [6, 6.07) is 8.77. The summed E-state index contributed by atoms with van der Waals surface area (Å²) in [7, 11) is 0. The van der Waals surface area contributed by atoms with Crippen molar-refractivity contribution in [2.45, 2.75) is 80.9 Å². The number of hydrogen-bond donors (Lipinski definition) is 0. The molecule has 0 aliphatic heterocycles. The highest BCUT2D eigenvalue weighted by Gasteiger charge is 2.00. The number of hydrogen-bond acceptors (Lipinski definition) is 2. The summed E-state index contributed by atoms with van der Waals surface area (Å²) in [5.41, 5.74) is 0. The molecule has 1 aromatic carbocycles. The molecule has 0 unspecified atom stereocenters. The lowest BCUT2D eigenvalue weighted by Gasteiger charge is -2.06. The predicted octanol–water partition coefficient (Wildman–Crippen LogP) is 7.42. The Kier molecular flexibility index (Phi) is 12.3. The van der Waals surface area contributed by atoms with Crippen molar-refractivity contribution in [3.05, 3.63) is 24.3 Å². The van der Waals surface area contributed by atoms with Gasteiger partial charge in [0.15, 0.2) is 0 Å². The second kappa shape index (κ2) is 13.6. The van der Waals surface area contributed by atoms with Gasteiger partial charge in [0.2, 0.25) is 0 Å². The summed E-state index contributed by atoms with van der Waals surface area (Å²) in [5.74, 6) is 1.27. The van der Waals surface area contributed by atoms with E-state index in [-0.39, 0.29) is 0 Å². The minimum absolute atomic E-state index is 1.27. The van der Waals surface area contributed by atoms with E-state index >= 15 is 0 Å². The normalized spacial score (nSPS) is 11.0. The van der Waals surface area contributed by atoms with Gasteiger partial charge in [-0.05, 0) is 30.6 Å². The van der Waals surface area contributed by atoms with Crippen molar-refractivity contribution < 1.29 is 0 Å². The summed E-state index contributed by atoms with van der Waals surface area (Å²) in [6.45, 7) is 2.29. The third-order valence-corrected chi connectivity index (χ3v) is 5.91. The van der Waals surface area contributed by atoms with E-state index in [9.17, 15) is 0 Å². The van der Waals surface area contributed by atoms with Crippen LogP contribution in [0.5, 0.6) is 0 Å². The Morgan fingerprint density at radius 1 is 0.714 bits per heavy atom. The van der Waals surface area contributed by atoms with Crippen LogP contribution in [0, 0.1) is 0 Å². The van der Waals surface area contributed by atoms with E-state index in [1.54, 1.807) is 0 Å². The largest absolute Gasteiger partial charge is 0.128 e. The van der Waals surface area contributed by atoms with Gasteiger partial charge in [0.05, 0.1) is 0 Å². The summed E-state index contributed by atoms with van der Waals surface area (Å²) < 4.78 is 0. The van der Waals surface area contributed by atoms with Crippen molar-refractivity contribution in [2.75, 3.05) is 12.0 Å². The lowest BCUT2D eigenvalue weighted by Crippen LogP contribution is -1.85. The SMILES string of the molecule is CCCCCCCCCCCCSc1ccccc1SC. The van der Waals surface area contributed by atoms with Gasteiger partial charge in [0, 0.05) is 9.79 Å². The first-order chi connectivity index (χ1) is 10.4. The molecule has 0 N–H and O–H groups in total. The molecule has 0 nitrogen and oxygen atoms in total. The van der Waals surface area contributed by atoms with Gasteiger partial charge < -0.3 is 0 Å². The van der Waals surface area contributed by atoms with Gasteiger partial charge in [-0.1, -0.05) is 76.8 Å². The van der Waals surface area contributed by atoms with Gasteiger partial charge >= 0.3 is 0 Å². The Labute approximate surface area is 140 Å². The average molecular weight is 325 g/mol. The van der Waals surface area contributed by atoms with E-state index in [0.29, 0.717) is 0 Å². The fourth-order valence-electron chi connectivity index (χ4n) is 2.51. The van der Waals surface area contributed by atoms with E-state index < -0.39 is 0 Å². The molecule has 1 rings (SSSR count). The van der Waals surface area contributed by atoms with E-state index in [0.717, 1.165) is 0 Å². The fraction of sp³-hybridized carbons (Fsp3) is 0.684. The van der Waals surface area contributed by atoms with Crippen molar-refractivity contribution in [1.82, 2.24) is 0 Å². The molecular weight excluding hydrogens is 292 g/mol. The molecule has 0 amide bonds. The van der Waals surface area contributed by atoms with E-state index in [4.69, 9.17) is 0 Å². The molecule has 1 aromatic rings. The Morgan fingerprint density at radius 2 is 1.24 bits per heavy atom. The predicted molar refractivity (Wildman–Crippen MR) is 101 cm³/mol. The molecule has 21 heavy (non-hydrogen) atoms. The highest BCUT2D eigenvalue weighted by atomic mass is 32.2. The summed E-state index contributed by atoms with van der Waals surface area (Å²) in [4.78, 5) is 2.88. The molecule has 0 heterocycles. The molecule has 0 bridgehead atoms. The van der Waals surface area contributed by atoms with Crippen LogP contribution in [0.2, 0.25) is 0 Å². The van der Waals surface area contributed by atoms with Crippen LogP contribution < -0.4 is 0 Å². The Morgan fingerprint density at radius 3 is 1.81 bits per heavy atom. The zero-order valence-corrected chi connectivity index (χ0v) is 15.5. The van der Waals surface area contributed by atoms with Crippen LogP contribution >= 0.6 is 23.5 Å². The van der Waals surface area contributed by atoms with Crippen LogP contribution in [0.3, 0.4) is 0 Å². The molecule has 0 spiro atoms. The Bertz CT molecular complexity index is 349. The van der Waals surface area contributed by atoms with Crippen molar-refractivity contribution >= 4 is 23.5 Å². The maximum atomic E-state index is 2.29. The van der Waals surface area contributed by atoms with Crippen LogP contribution in [0.1, 0.15) is 71.1 Å². The number of benzene rings is 1. The molecule has 0 saturated heterocycles. The number of rotatable bonds is 13. The molecule has 0 aromatic heterocycles. The van der Waals surface area contributed by atoms with Gasteiger partial charge in [0.25, 0.3) is 0 Å². The number of unbranched alkanes of at least 4 members (excludes halogenated alkanes) is 9. The second-order valence-corrected chi connectivity index (χ2v) is 7.67. The van der Waals surface area contributed by atoms with Gasteiger partial charge in [0.1, 0.15) is 0 Å². The summed E-state index contributed by atoms with van der Waals surface area (Å²) >= 11 is 3.89. The lowest BCUT2D eigenvalue weighted by molar-refractivity contribution is 0.563. The van der Waals surface area contributed by atoms with Crippen LogP contribution in [0.25, 0.3) is 0 Å². The van der Waals surface area contributed by atoms with Crippen LogP contribution in [0.15, 0.2) is 34.1 Å². The Balaban J connectivity index is 1.93. The van der Waals surface area contributed by atoms with E-state index in [2.05, 4.69) is 37.4 Å². The zero-order chi connectivity index (χ0) is 15.2. The van der Waals surface area contributed by atoms with Crippen molar-refractivity contribution in [3.8, 4) is 0 Å². The minimum atomic E-state index is 1.27. The lowest BCUT2D eigenvalue weighted by atomic mass is 10.1. The molecule has 0 fully saturated rings. The standard InChI is InChI=1S/C19H32S2/c1-3-4-5-6-7-8-9-10-11-14-17-21-19-16-13-12-15-18(19)20-2/h12-13,15-16H,3-11,14,17H2,1-2H3. The van der Waals surface area contributed by atoms with Crippen LogP contribution in [-0.2, 0) is 0 Å². The number of thioether (sulfide) groups is 2. The quantitative estimate of drug-likeness (QED) is 0.273.